The van der Waals surface area contributed by atoms with Crippen LogP contribution in [-0.2, 0) is 14.8 Å². The van der Waals surface area contributed by atoms with Gasteiger partial charge in [-0.05, 0) is 18.4 Å². The van der Waals surface area contributed by atoms with Crippen LogP contribution in [-0.4, -0.2) is 59.2 Å². The van der Waals surface area contributed by atoms with Crippen molar-refractivity contribution in [1.29, 1.82) is 0 Å². The standard InChI is InChI=1S/C17H29N5O5S.HI/c1-14(2)7-11-27-12-10-20-17(18-3)19-8-9-21-28(25,26)16-6-4-5-15(13-16)22(23)24;/h4-6,13-14,21H,7-12H2,1-3H3,(H2,18,19,20);1H. The minimum absolute atomic E-state index is 0. The van der Waals surface area contributed by atoms with Gasteiger partial charge in [0.05, 0.1) is 16.4 Å². The minimum atomic E-state index is -3.83. The Kier molecular flexibility index (Phi) is 13.7. The fourth-order valence-corrected chi connectivity index (χ4v) is 3.17. The molecule has 0 unspecified atom stereocenters. The van der Waals surface area contributed by atoms with E-state index >= 15 is 0 Å². The van der Waals surface area contributed by atoms with E-state index in [0.717, 1.165) is 12.5 Å². The predicted molar refractivity (Wildman–Crippen MR) is 123 cm³/mol. The highest BCUT2D eigenvalue weighted by atomic mass is 127. The highest BCUT2D eigenvalue weighted by molar-refractivity contribution is 14.0. The number of nitro groups is 1. The molecule has 0 spiro atoms. The van der Waals surface area contributed by atoms with Gasteiger partial charge in [0, 0.05) is 45.4 Å². The summed E-state index contributed by atoms with van der Waals surface area (Å²) in [6.07, 6.45) is 1.01. The van der Waals surface area contributed by atoms with Crippen molar-refractivity contribution in [1.82, 2.24) is 15.4 Å². The van der Waals surface area contributed by atoms with Crippen LogP contribution in [0.5, 0.6) is 0 Å². The number of hydrogen-bond donors (Lipinski definition) is 3. The van der Waals surface area contributed by atoms with Gasteiger partial charge in [-0.1, -0.05) is 19.9 Å². The van der Waals surface area contributed by atoms with E-state index in [4.69, 9.17) is 4.74 Å². The van der Waals surface area contributed by atoms with Gasteiger partial charge in [0.1, 0.15) is 0 Å². The first kappa shape index (κ1) is 27.5. The summed E-state index contributed by atoms with van der Waals surface area (Å²) < 4.78 is 32.3. The molecule has 0 radical (unpaired) electrons. The van der Waals surface area contributed by atoms with Crippen LogP contribution in [0.4, 0.5) is 5.69 Å². The lowest BCUT2D eigenvalue weighted by molar-refractivity contribution is -0.385. The van der Waals surface area contributed by atoms with E-state index in [1.807, 2.05) is 0 Å². The number of nitrogens with zero attached hydrogens (tertiary/aromatic N) is 2. The molecule has 0 saturated carbocycles. The Morgan fingerprint density at radius 3 is 2.52 bits per heavy atom. The van der Waals surface area contributed by atoms with Crippen LogP contribution in [0.25, 0.3) is 0 Å². The molecule has 0 heterocycles. The van der Waals surface area contributed by atoms with Crippen LogP contribution in [0.15, 0.2) is 34.2 Å². The quantitative estimate of drug-likeness (QED) is 0.0913. The van der Waals surface area contributed by atoms with Crippen molar-refractivity contribution in [2.75, 3.05) is 39.9 Å². The second-order valence-electron chi connectivity index (χ2n) is 6.37. The van der Waals surface area contributed by atoms with E-state index in [2.05, 4.69) is 34.2 Å². The van der Waals surface area contributed by atoms with E-state index in [-0.39, 0.29) is 41.1 Å². The number of hydrogen-bond acceptors (Lipinski definition) is 6. The maximum atomic E-state index is 12.2. The third-order valence-corrected chi connectivity index (χ3v) is 5.11. The average Bonchev–Trinajstić information content (AvgIpc) is 2.65. The monoisotopic (exact) mass is 543 g/mol. The zero-order valence-electron chi connectivity index (χ0n) is 16.9. The van der Waals surface area contributed by atoms with Gasteiger partial charge in [0.25, 0.3) is 5.69 Å². The van der Waals surface area contributed by atoms with Crippen molar-refractivity contribution >= 4 is 45.6 Å². The lowest BCUT2D eigenvalue weighted by Crippen LogP contribution is -2.42. The summed E-state index contributed by atoms with van der Waals surface area (Å²) in [5, 5.41) is 16.8. The molecule has 0 aliphatic rings. The van der Waals surface area contributed by atoms with Gasteiger partial charge in [0.2, 0.25) is 10.0 Å². The number of sulfonamides is 1. The van der Waals surface area contributed by atoms with Crippen molar-refractivity contribution in [3.8, 4) is 0 Å². The van der Waals surface area contributed by atoms with Crippen molar-refractivity contribution in [2.24, 2.45) is 10.9 Å². The van der Waals surface area contributed by atoms with Crippen molar-refractivity contribution in [2.45, 2.75) is 25.2 Å². The smallest absolute Gasteiger partial charge is 0.270 e. The second-order valence-corrected chi connectivity index (χ2v) is 8.14. The van der Waals surface area contributed by atoms with E-state index < -0.39 is 14.9 Å². The molecule has 3 N–H and O–H groups in total. The SMILES string of the molecule is CN=C(NCCNS(=O)(=O)c1cccc([N+](=O)[O-])c1)NCCOCCC(C)C.I. The van der Waals surface area contributed by atoms with Crippen LogP contribution in [0, 0.1) is 16.0 Å². The summed E-state index contributed by atoms with van der Waals surface area (Å²) in [4.78, 5) is 14.0. The molecule has 0 atom stereocenters. The Balaban J connectivity index is 0.00000784. The summed E-state index contributed by atoms with van der Waals surface area (Å²) in [5.41, 5.74) is -0.277. The lowest BCUT2D eigenvalue weighted by atomic mass is 10.1. The van der Waals surface area contributed by atoms with E-state index in [0.29, 0.717) is 38.2 Å². The normalized spacial score (nSPS) is 11.8. The summed E-state index contributed by atoms with van der Waals surface area (Å²) in [6.45, 7) is 6.51. The molecule has 1 rings (SSSR count). The molecular weight excluding hydrogens is 513 g/mol. The number of benzene rings is 1. The molecule has 0 bridgehead atoms. The maximum absolute atomic E-state index is 12.2. The molecule has 1 aromatic carbocycles. The number of aliphatic imine (C=N–C) groups is 1. The summed E-state index contributed by atoms with van der Waals surface area (Å²) >= 11 is 0. The molecule has 166 valence electrons. The number of halogens is 1. The molecular formula is C17H30IN5O5S. The van der Waals surface area contributed by atoms with Gasteiger partial charge in [-0.15, -0.1) is 24.0 Å². The van der Waals surface area contributed by atoms with Gasteiger partial charge in [-0.25, -0.2) is 13.1 Å². The fraction of sp³-hybridized carbons (Fsp3) is 0.588. The van der Waals surface area contributed by atoms with Crippen molar-refractivity contribution < 1.29 is 18.1 Å². The maximum Gasteiger partial charge on any atom is 0.270 e. The average molecular weight is 543 g/mol. The van der Waals surface area contributed by atoms with E-state index in [9.17, 15) is 18.5 Å². The number of nitrogens with one attached hydrogen (secondary N) is 3. The third kappa shape index (κ3) is 11.3. The number of guanidine groups is 1. The highest BCUT2D eigenvalue weighted by Gasteiger charge is 2.16. The second kappa shape index (κ2) is 14.5. The molecule has 0 saturated heterocycles. The molecule has 1 aromatic rings. The summed E-state index contributed by atoms with van der Waals surface area (Å²) in [7, 11) is -2.22. The molecule has 0 aromatic heterocycles. The van der Waals surface area contributed by atoms with Crippen LogP contribution in [0.2, 0.25) is 0 Å². The van der Waals surface area contributed by atoms with Crippen molar-refractivity contribution in [3.05, 3.63) is 34.4 Å². The lowest BCUT2D eigenvalue weighted by Gasteiger charge is -2.13. The highest BCUT2D eigenvalue weighted by Crippen LogP contribution is 2.16. The van der Waals surface area contributed by atoms with E-state index in [1.165, 1.54) is 18.2 Å². The minimum Gasteiger partial charge on any atom is -0.380 e. The molecule has 0 aliphatic carbocycles. The van der Waals surface area contributed by atoms with Gasteiger partial charge in [-0.2, -0.15) is 0 Å². The van der Waals surface area contributed by atoms with Gasteiger partial charge in [0.15, 0.2) is 5.96 Å². The first-order valence-corrected chi connectivity index (χ1v) is 10.5. The Hall–Kier alpha value is -1.51. The first-order chi connectivity index (χ1) is 13.3. The third-order valence-electron chi connectivity index (χ3n) is 3.65. The Labute approximate surface area is 189 Å². The number of ether oxygens (including phenoxy) is 1. The first-order valence-electron chi connectivity index (χ1n) is 9.02. The van der Waals surface area contributed by atoms with Crippen LogP contribution in [0.1, 0.15) is 20.3 Å². The zero-order chi connectivity index (χ0) is 21.0. The number of non-ortho nitro benzene ring substituents is 1. The molecule has 0 aliphatic heterocycles. The largest absolute Gasteiger partial charge is 0.380 e. The number of nitro benzene ring substituents is 1. The molecule has 12 heteroatoms. The Morgan fingerprint density at radius 2 is 1.90 bits per heavy atom. The molecule has 10 nitrogen and oxygen atoms in total. The summed E-state index contributed by atoms with van der Waals surface area (Å²) in [5.74, 6) is 1.13. The van der Waals surface area contributed by atoms with Crippen LogP contribution < -0.4 is 15.4 Å². The topological polar surface area (TPSA) is 135 Å². The molecule has 0 fully saturated rings. The molecule has 29 heavy (non-hydrogen) atoms. The van der Waals surface area contributed by atoms with Gasteiger partial charge < -0.3 is 15.4 Å². The van der Waals surface area contributed by atoms with Crippen molar-refractivity contribution in [3.63, 3.8) is 0 Å². The summed E-state index contributed by atoms with van der Waals surface area (Å²) in [6, 6.07) is 4.90. The number of rotatable bonds is 12. The van der Waals surface area contributed by atoms with Crippen LogP contribution >= 0.6 is 24.0 Å². The van der Waals surface area contributed by atoms with Gasteiger partial charge >= 0.3 is 0 Å². The molecule has 0 amide bonds. The Morgan fingerprint density at radius 1 is 1.21 bits per heavy atom. The van der Waals surface area contributed by atoms with Crippen LogP contribution in [0.3, 0.4) is 0 Å². The predicted octanol–water partition coefficient (Wildman–Crippen LogP) is 1.72. The zero-order valence-corrected chi connectivity index (χ0v) is 20.0. The van der Waals surface area contributed by atoms with Gasteiger partial charge in [-0.3, -0.25) is 15.1 Å². The van der Waals surface area contributed by atoms with E-state index in [1.54, 1.807) is 7.05 Å². The Bertz CT molecular complexity index is 758. The fourth-order valence-electron chi connectivity index (χ4n) is 2.10.